The molecule has 0 spiro atoms. The molecule has 8 heteroatoms. The Morgan fingerprint density at radius 1 is 1.07 bits per heavy atom. The Kier molecular flexibility index (Phi) is 6.10. The first-order valence-corrected chi connectivity index (χ1v) is 10.6. The number of sulfonamides is 1. The Balaban J connectivity index is 1.66. The third-order valence-electron chi connectivity index (χ3n) is 4.77. The standard InChI is InChI=1S/C20H22F2N2O3S/c1-14(13-17-18(21)5-4-6-19(17)22)23-20(25)15-7-9-16(10-8-15)28(26,27)24-11-2-3-12-24/h4-10,14H,2-3,11-13H2,1H3,(H,23,25)/t14-/m0/s1. The van der Waals surface area contributed by atoms with E-state index in [0.717, 1.165) is 12.8 Å². The van der Waals surface area contributed by atoms with Crippen molar-refractivity contribution in [1.82, 2.24) is 9.62 Å². The minimum Gasteiger partial charge on any atom is -0.349 e. The number of hydrogen-bond acceptors (Lipinski definition) is 3. The molecule has 1 aliphatic heterocycles. The van der Waals surface area contributed by atoms with Crippen molar-refractivity contribution in [3.8, 4) is 0 Å². The minimum atomic E-state index is -3.54. The quantitative estimate of drug-likeness (QED) is 0.799. The van der Waals surface area contributed by atoms with Gasteiger partial charge in [0.1, 0.15) is 11.6 Å². The van der Waals surface area contributed by atoms with Gasteiger partial charge in [-0.3, -0.25) is 4.79 Å². The average molecular weight is 408 g/mol. The Bertz CT molecular complexity index is 936. The topological polar surface area (TPSA) is 66.5 Å². The molecular formula is C20H22F2N2O3S. The van der Waals surface area contributed by atoms with Crippen LogP contribution in [0.25, 0.3) is 0 Å². The Morgan fingerprint density at radius 2 is 1.64 bits per heavy atom. The number of halogens is 2. The number of hydrogen-bond donors (Lipinski definition) is 1. The van der Waals surface area contributed by atoms with Gasteiger partial charge in [-0.1, -0.05) is 6.07 Å². The molecule has 1 aliphatic rings. The van der Waals surface area contributed by atoms with Gasteiger partial charge in [0.15, 0.2) is 0 Å². The molecule has 0 radical (unpaired) electrons. The molecule has 1 N–H and O–H groups in total. The molecule has 0 saturated carbocycles. The molecular weight excluding hydrogens is 386 g/mol. The second-order valence-electron chi connectivity index (χ2n) is 6.91. The van der Waals surface area contributed by atoms with Gasteiger partial charge in [-0.05, 0) is 62.6 Å². The van der Waals surface area contributed by atoms with E-state index < -0.39 is 33.6 Å². The predicted octanol–water partition coefficient (Wildman–Crippen LogP) is 3.11. The highest BCUT2D eigenvalue weighted by molar-refractivity contribution is 7.89. The summed E-state index contributed by atoms with van der Waals surface area (Å²) in [5.41, 5.74) is 0.198. The van der Waals surface area contributed by atoms with E-state index >= 15 is 0 Å². The highest BCUT2D eigenvalue weighted by atomic mass is 32.2. The summed E-state index contributed by atoms with van der Waals surface area (Å²) in [6, 6.07) is 8.82. The van der Waals surface area contributed by atoms with Crippen molar-refractivity contribution in [2.75, 3.05) is 13.1 Å². The molecule has 0 aromatic heterocycles. The summed E-state index contributed by atoms with van der Waals surface area (Å²) in [4.78, 5) is 12.5. The average Bonchev–Trinajstić information content (AvgIpc) is 3.20. The second kappa shape index (κ2) is 8.36. The van der Waals surface area contributed by atoms with Crippen LogP contribution in [-0.4, -0.2) is 37.8 Å². The molecule has 1 atom stereocenters. The van der Waals surface area contributed by atoms with Gasteiger partial charge in [-0.2, -0.15) is 4.31 Å². The Labute approximate surface area is 163 Å². The number of benzene rings is 2. The maximum Gasteiger partial charge on any atom is 0.251 e. The highest BCUT2D eigenvalue weighted by Crippen LogP contribution is 2.21. The van der Waals surface area contributed by atoms with Gasteiger partial charge >= 0.3 is 0 Å². The molecule has 0 bridgehead atoms. The van der Waals surface area contributed by atoms with Crippen LogP contribution in [-0.2, 0) is 16.4 Å². The lowest BCUT2D eigenvalue weighted by Crippen LogP contribution is -2.34. The van der Waals surface area contributed by atoms with Crippen LogP contribution in [0.15, 0.2) is 47.4 Å². The molecule has 150 valence electrons. The van der Waals surface area contributed by atoms with Gasteiger partial charge in [-0.25, -0.2) is 17.2 Å². The Hall–Kier alpha value is -2.32. The third kappa shape index (κ3) is 4.39. The van der Waals surface area contributed by atoms with Gasteiger partial charge < -0.3 is 5.32 Å². The van der Waals surface area contributed by atoms with E-state index in [9.17, 15) is 22.0 Å². The Morgan fingerprint density at radius 3 is 2.21 bits per heavy atom. The number of carbonyl (C=O) groups is 1. The summed E-state index contributed by atoms with van der Waals surface area (Å²) in [5, 5.41) is 2.68. The van der Waals surface area contributed by atoms with Crippen molar-refractivity contribution in [2.24, 2.45) is 0 Å². The van der Waals surface area contributed by atoms with Gasteiger partial charge in [0.05, 0.1) is 4.90 Å². The smallest absolute Gasteiger partial charge is 0.251 e. The van der Waals surface area contributed by atoms with E-state index in [2.05, 4.69) is 5.32 Å². The molecule has 1 amide bonds. The van der Waals surface area contributed by atoms with Gasteiger partial charge in [0.2, 0.25) is 10.0 Å². The van der Waals surface area contributed by atoms with Crippen LogP contribution in [0.4, 0.5) is 8.78 Å². The second-order valence-corrected chi connectivity index (χ2v) is 8.85. The van der Waals surface area contributed by atoms with Crippen LogP contribution in [0.5, 0.6) is 0 Å². The fourth-order valence-electron chi connectivity index (χ4n) is 3.25. The van der Waals surface area contributed by atoms with Crippen molar-refractivity contribution in [3.63, 3.8) is 0 Å². The molecule has 0 aliphatic carbocycles. The normalized spacial score (nSPS) is 16.1. The molecule has 2 aromatic carbocycles. The molecule has 1 fully saturated rings. The lowest BCUT2D eigenvalue weighted by Gasteiger charge is -2.17. The number of amides is 1. The molecule has 1 saturated heterocycles. The minimum absolute atomic E-state index is 0.00562. The van der Waals surface area contributed by atoms with Gasteiger partial charge in [-0.15, -0.1) is 0 Å². The van der Waals surface area contributed by atoms with Crippen LogP contribution < -0.4 is 5.32 Å². The summed E-state index contributed by atoms with van der Waals surface area (Å²) >= 11 is 0. The highest BCUT2D eigenvalue weighted by Gasteiger charge is 2.27. The zero-order valence-corrected chi connectivity index (χ0v) is 16.3. The fourth-order valence-corrected chi connectivity index (χ4v) is 4.76. The van der Waals surface area contributed by atoms with Crippen LogP contribution in [0.2, 0.25) is 0 Å². The van der Waals surface area contributed by atoms with Gasteiger partial charge in [0.25, 0.3) is 5.91 Å². The van der Waals surface area contributed by atoms with E-state index in [0.29, 0.717) is 13.1 Å². The van der Waals surface area contributed by atoms with E-state index in [1.165, 1.54) is 46.8 Å². The van der Waals surface area contributed by atoms with Crippen molar-refractivity contribution < 1.29 is 22.0 Å². The van der Waals surface area contributed by atoms with E-state index in [1.54, 1.807) is 6.92 Å². The number of rotatable bonds is 6. The monoisotopic (exact) mass is 408 g/mol. The summed E-state index contributed by atoms with van der Waals surface area (Å²) in [6.07, 6.45) is 1.70. The maximum atomic E-state index is 13.7. The predicted molar refractivity (Wildman–Crippen MR) is 101 cm³/mol. The zero-order valence-electron chi connectivity index (χ0n) is 15.5. The van der Waals surface area contributed by atoms with Gasteiger partial charge in [0, 0.05) is 30.3 Å². The number of carbonyl (C=O) groups excluding carboxylic acids is 1. The first kappa shape index (κ1) is 20.4. The van der Waals surface area contributed by atoms with Crippen LogP contribution in [0.3, 0.4) is 0 Å². The zero-order chi connectivity index (χ0) is 20.3. The van der Waals surface area contributed by atoms with Crippen LogP contribution in [0, 0.1) is 11.6 Å². The van der Waals surface area contributed by atoms with Crippen molar-refractivity contribution in [1.29, 1.82) is 0 Å². The maximum absolute atomic E-state index is 13.7. The molecule has 0 unspecified atom stereocenters. The summed E-state index contributed by atoms with van der Waals surface area (Å²) in [6.45, 7) is 2.67. The van der Waals surface area contributed by atoms with E-state index in [-0.39, 0.29) is 22.4 Å². The van der Waals surface area contributed by atoms with Crippen molar-refractivity contribution >= 4 is 15.9 Å². The molecule has 5 nitrogen and oxygen atoms in total. The first-order valence-electron chi connectivity index (χ1n) is 9.13. The largest absolute Gasteiger partial charge is 0.349 e. The fraction of sp³-hybridized carbons (Fsp3) is 0.350. The summed E-state index contributed by atoms with van der Waals surface area (Å²) in [5.74, 6) is -1.75. The molecule has 3 rings (SSSR count). The lowest BCUT2D eigenvalue weighted by molar-refractivity contribution is 0.0939. The van der Waals surface area contributed by atoms with E-state index in [4.69, 9.17) is 0 Å². The van der Waals surface area contributed by atoms with Crippen molar-refractivity contribution in [3.05, 3.63) is 65.2 Å². The SMILES string of the molecule is C[C@@H](Cc1c(F)cccc1F)NC(=O)c1ccc(S(=O)(=O)N2CCCC2)cc1. The number of nitrogens with one attached hydrogen (secondary N) is 1. The summed E-state index contributed by atoms with van der Waals surface area (Å²) in [7, 11) is -3.54. The summed E-state index contributed by atoms with van der Waals surface area (Å²) < 4.78 is 54.0. The number of nitrogens with zero attached hydrogens (tertiary/aromatic N) is 1. The van der Waals surface area contributed by atoms with Crippen molar-refractivity contribution in [2.45, 2.75) is 37.1 Å². The third-order valence-corrected chi connectivity index (χ3v) is 6.68. The van der Waals surface area contributed by atoms with E-state index in [1.807, 2.05) is 0 Å². The lowest BCUT2D eigenvalue weighted by atomic mass is 10.1. The van der Waals surface area contributed by atoms with Crippen LogP contribution in [0.1, 0.15) is 35.7 Å². The molecule has 28 heavy (non-hydrogen) atoms. The molecule has 2 aromatic rings. The van der Waals surface area contributed by atoms with Crippen LogP contribution >= 0.6 is 0 Å². The first-order chi connectivity index (χ1) is 13.3. The molecule has 1 heterocycles.